The Bertz CT molecular complexity index is 818. The number of halogens is 3. The molecule has 2 heterocycles. The van der Waals surface area contributed by atoms with E-state index in [1.54, 1.807) is 17.2 Å². The van der Waals surface area contributed by atoms with Crippen molar-refractivity contribution < 1.29 is 42.2 Å². The molecular formula is C20H27F3N4O6. The van der Waals surface area contributed by atoms with Crippen LogP contribution in [0.4, 0.5) is 29.3 Å². The summed E-state index contributed by atoms with van der Waals surface area (Å²) in [5.41, 5.74) is 0.617. The highest BCUT2D eigenvalue weighted by molar-refractivity contribution is 5.90. The summed E-state index contributed by atoms with van der Waals surface area (Å²) >= 11 is 0. The number of ether oxygens (including phenoxy) is 2. The van der Waals surface area contributed by atoms with Crippen LogP contribution in [0.5, 0.6) is 0 Å². The number of carbonyl (C=O) groups is 2. The van der Waals surface area contributed by atoms with Crippen LogP contribution in [0.25, 0.3) is 0 Å². The number of hydrogen-bond acceptors (Lipinski definition) is 8. The van der Waals surface area contributed by atoms with Crippen molar-refractivity contribution in [2.75, 3.05) is 75.5 Å². The fraction of sp³-hybridized carbons (Fsp3) is 0.600. The molecular weight excluding hydrogens is 449 g/mol. The Morgan fingerprint density at radius 3 is 2.82 bits per heavy atom. The summed E-state index contributed by atoms with van der Waals surface area (Å²) in [6, 6.07) is 4.35. The molecule has 2 aliphatic rings. The molecule has 1 aromatic rings. The molecule has 1 aromatic carbocycles. The molecule has 184 valence electrons. The third-order valence-corrected chi connectivity index (χ3v) is 5.13. The van der Waals surface area contributed by atoms with Crippen molar-refractivity contribution in [1.82, 2.24) is 10.4 Å². The summed E-state index contributed by atoms with van der Waals surface area (Å²) in [4.78, 5) is 31.8. The van der Waals surface area contributed by atoms with Crippen LogP contribution in [0.2, 0.25) is 0 Å². The van der Waals surface area contributed by atoms with Crippen LogP contribution in [-0.2, 0) is 19.1 Å². The molecule has 3 rings (SSSR count). The first-order chi connectivity index (χ1) is 15.9. The smallest absolute Gasteiger partial charge is 0.414 e. The summed E-state index contributed by atoms with van der Waals surface area (Å²) in [5.74, 6) is -1.98. The van der Waals surface area contributed by atoms with E-state index in [1.165, 1.54) is 11.0 Å². The van der Waals surface area contributed by atoms with Gasteiger partial charge in [0.05, 0.1) is 50.9 Å². The summed E-state index contributed by atoms with van der Waals surface area (Å²) in [5, 5.41) is 12.5. The lowest BCUT2D eigenvalue weighted by Crippen LogP contribution is -2.37. The van der Waals surface area contributed by atoms with Crippen LogP contribution in [-0.4, -0.2) is 100 Å². The number of hydroxylamine groups is 2. The second-order valence-corrected chi connectivity index (χ2v) is 7.38. The largest absolute Gasteiger partial charge is 0.442 e. The molecule has 1 atom stereocenters. The minimum absolute atomic E-state index is 0.00793. The third-order valence-electron chi connectivity index (χ3n) is 5.13. The van der Waals surface area contributed by atoms with Crippen LogP contribution in [0.15, 0.2) is 18.2 Å². The summed E-state index contributed by atoms with van der Waals surface area (Å²) in [7, 11) is 0. The Morgan fingerprint density at radius 2 is 2.09 bits per heavy atom. The van der Waals surface area contributed by atoms with Gasteiger partial charge in [-0.1, -0.05) is 0 Å². The van der Waals surface area contributed by atoms with Crippen molar-refractivity contribution in [3.63, 3.8) is 0 Å². The van der Waals surface area contributed by atoms with Crippen LogP contribution >= 0.6 is 0 Å². The number of anilines is 2. The zero-order valence-electron chi connectivity index (χ0n) is 17.9. The number of benzene rings is 1. The number of nitrogens with zero attached hydrogens (tertiary/aromatic N) is 3. The van der Waals surface area contributed by atoms with E-state index in [2.05, 4.69) is 0 Å². The molecule has 0 spiro atoms. The van der Waals surface area contributed by atoms with Crippen LogP contribution in [0.1, 0.15) is 0 Å². The Balaban J connectivity index is 1.55. The molecule has 13 heteroatoms. The molecule has 0 bridgehead atoms. The normalized spacial score (nSPS) is 19.7. The molecule has 1 unspecified atom stereocenters. The van der Waals surface area contributed by atoms with E-state index in [0.717, 1.165) is 0 Å². The lowest BCUT2D eigenvalue weighted by atomic mass is 10.2. The molecule has 33 heavy (non-hydrogen) atoms. The highest BCUT2D eigenvalue weighted by atomic mass is 19.3. The van der Waals surface area contributed by atoms with E-state index in [1.807, 2.05) is 10.2 Å². The number of alkyl halides is 2. The number of nitrogens with one attached hydrogen (secondary N) is 1. The number of aliphatic hydroxyl groups is 1. The molecule has 2 amide bonds. The van der Waals surface area contributed by atoms with Gasteiger partial charge in [0.25, 0.3) is 5.91 Å². The monoisotopic (exact) mass is 476 g/mol. The highest BCUT2D eigenvalue weighted by Gasteiger charge is 2.33. The van der Waals surface area contributed by atoms with E-state index in [4.69, 9.17) is 19.4 Å². The molecule has 2 saturated heterocycles. The molecule has 2 N–H and O–H groups in total. The summed E-state index contributed by atoms with van der Waals surface area (Å²) < 4.78 is 49.8. The first-order valence-corrected chi connectivity index (χ1v) is 10.5. The van der Waals surface area contributed by atoms with Gasteiger partial charge in [0.2, 0.25) is 0 Å². The molecule has 2 fully saturated rings. The van der Waals surface area contributed by atoms with Gasteiger partial charge in [0.1, 0.15) is 11.9 Å². The number of hydrogen-bond donors (Lipinski definition) is 2. The van der Waals surface area contributed by atoms with Crippen molar-refractivity contribution in [3.05, 3.63) is 24.0 Å². The van der Waals surface area contributed by atoms with Crippen molar-refractivity contribution in [3.8, 4) is 0 Å². The van der Waals surface area contributed by atoms with E-state index in [-0.39, 0.29) is 32.0 Å². The Labute approximate surface area is 188 Å². The maximum atomic E-state index is 14.9. The second kappa shape index (κ2) is 12.0. The lowest BCUT2D eigenvalue weighted by molar-refractivity contribution is -0.156. The number of aliphatic hydroxyl groups excluding tert-OH is 1. The van der Waals surface area contributed by atoms with E-state index in [9.17, 15) is 22.8 Å². The predicted octanol–water partition coefficient (Wildman–Crippen LogP) is 0.595. The third kappa shape index (κ3) is 6.93. The van der Waals surface area contributed by atoms with E-state index >= 15 is 0 Å². The van der Waals surface area contributed by atoms with Gasteiger partial charge in [0.15, 0.2) is 0 Å². The maximum Gasteiger partial charge on any atom is 0.414 e. The minimum Gasteiger partial charge on any atom is -0.442 e. The standard InChI is InChI=1S/C20H27F3N4O6/c21-16-11-14(27-13-15(33-20(27)30)12-24-19(29)18(22)23)1-2-17(16)25-3-4-26(32-9-5-25)6-8-31-10-7-28/h1-2,11,15,18,28H,3-10,12-13H2,(H,24,29). The van der Waals surface area contributed by atoms with Crippen molar-refractivity contribution >= 4 is 23.4 Å². The van der Waals surface area contributed by atoms with Gasteiger partial charge >= 0.3 is 12.5 Å². The number of carbonyl (C=O) groups excluding carboxylic acids is 2. The predicted molar refractivity (Wildman–Crippen MR) is 111 cm³/mol. The average Bonchev–Trinajstić information content (AvgIpc) is 3.00. The maximum absolute atomic E-state index is 14.9. The Kier molecular flexibility index (Phi) is 9.11. The Hall–Kier alpha value is -2.61. The van der Waals surface area contributed by atoms with Gasteiger partial charge in [-0.05, 0) is 18.2 Å². The topological polar surface area (TPSA) is 104 Å². The van der Waals surface area contributed by atoms with Gasteiger partial charge < -0.3 is 24.8 Å². The second-order valence-electron chi connectivity index (χ2n) is 7.38. The van der Waals surface area contributed by atoms with Gasteiger partial charge in [-0.25, -0.2) is 9.18 Å². The van der Waals surface area contributed by atoms with Gasteiger partial charge in [-0.15, -0.1) is 0 Å². The molecule has 0 aromatic heterocycles. The first kappa shape index (κ1) is 25.0. The minimum atomic E-state index is -3.16. The average molecular weight is 476 g/mol. The van der Waals surface area contributed by atoms with Crippen molar-refractivity contribution in [1.29, 1.82) is 0 Å². The van der Waals surface area contributed by atoms with Crippen LogP contribution < -0.4 is 15.1 Å². The Morgan fingerprint density at radius 1 is 1.27 bits per heavy atom. The van der Waals surface area contributed by atoms with Gasteiger partial charge in [-0.2, -0.15) is 13.8 Å². The molecule has 0 radical (unpaired) electrons. The SMILES string of the molecule is O=C(NCC1CN(c2ccc(N3CCON(CCOCCO)CC3)c(F)c2)C(=O)O1)C(F)F. The highest BCUT2D eigenvalue weighted by Crippen LogP contribution is 2.28. The molecule has 0 aliphatic carbocycles. The van der Waals surface area contributed by atoms with Gasteiger partial charge in [-0.3, -0.25) is 14.5 Å². The lowest BCUT2D eigenvalue weighted by Gasteiger charge is -2.24. The van der Waals surface area contributed by atoms with Gasteiger partial charge in [0, 0.05) is 26.2 Å². The number of rotatable bonds is 10. The fourth-order valence-electron chi connectivity index (χ4n) is 3.49. The van der Waals surface area contributed by atoms with E-state index in [0.29, 0.717) is 45.1 Å². The molecule has 10 nitrogen and oxygen atoms in total. The number of cyclic esters (lactones) is 1. The first-order valence-electron chi connectivity index (χ1n) is 10.5. The van der Waals surface area contributed by atoms with Crippen molar-refractivity contribution in [2.24, 2.45) is 0 Å². The fourth-order valence-corrected chi connectivity index (χ4v) is 3.49. The number of amides is 2. The van der Waals surface area contributed by atoms with Crippen LogP contribution in [0, 0.1) is 5.82 Å². The molecule has 0 saturated carbocycles. The zero-order chi connectivity index (χ0) is 23.8. The summed E-state index contributed by atoms with van der Waals surface area (Å²) in [6.07, 6.45) is -4.73. The van der Waals surface area contributed by atoms with Crippen molar-refractivity contribution in [2.45, 2.75) is 12.5 Å². The van der Waals surface area contributed by atoms with Crippen LogP contribution in [0.3, 0.4) is 0 Å². The summed E-state index contributed by atoms with van der Waals surface area (Å²) in [6.45, 7) is 2.71. The quantitative estimate of drug-likeness (QED) is 0.473. The zero-order valence-corrected chi connectivity index (χ0v) is 17.9. The van der Waals surface area contributed by atoms with E-state index < -0.39 is 30.3 Å². The molecule has 2 aliphatic heterocycles.